The summed E-state index contributed by atoms with van der Waals surface area (Å²) >= 11 is 0. The molecule has 0 aliphatic rings. The molecule has 0 aliphatic carbocycles. The number of amides is 1. The number of nitrogens with one attached hydrogen (secondary N) is 1. The summed E-state index contributed by atoms with van der Waals surface area (Å²) in [5.74, 6) is -0.316. The lowest BCUT2D eigenvalue weighted by Crippen LogP contribution is -2.60. The molecule has 0 aromatic heterocycles. The molecule has 0 radical (unpaired) electrons. The first kappa shape index (κ1) is 12.3. The molecule has 0 bridgehead atoms. The summed E-state index contributed by atoms with van der Waals surface area (Å²) in [7, 11) is 0. The number of carbonyl (C=O) groups excluding carboxylic acids is 1. The highest BCUT2D eigenvalue weighted by Gasteiger charge is 2.35. The van der Waals surface area contributed by atoms with Gasteiger partial charge >= 0.3 is 0 Å². The van der Waals surface area contributed by atoms with Gasteiger partial charge in [0, 0.05) is 6.42 Å². The molecule has 0 saturated heterocycles. The Kier molecular flexibility index (Phi) is 4.90. The molecular formula is C8H17NO4. The molecule has 0 saturated carbocycles. The van der Waals surface area contributed by atoms with E-state index in [0.717, 1.165) is 0 Å². The van der Waals surface area contributed by atoms with Crippen LogP contribution in [0.1, 0.15) is 20.3 Å². The zero-order chi connectivity index (χ0) is 10.5. The van der Waals surface area contributed by atoms with Gasteiger partial charge in [-0.05, 0) is 6.92 Å². The van der Waals surface area contributed by atoms with Crippen LogP contribution in [0.25, 0.3) is 0 Å². The van der Waals surface area contributed by atoms with Crippen molar-refractivity contribution in [3.8, 4) is 0 Å². The summed E-state index contributed by atoms with van der Waals surface area (Å²) in [6.07, 6.45) is -0.757. The van der Waals surface area contributed by atoms with E-state index < -0.39 is 24.9 Å². The first-order valence-electron chi connectivity index (χ1n) is 4.23. The largest absolute Gasteiger partial charge is 0.394 e. The van der Waals surface area contributed by atoms with E-state index in [1.807, 2.05) is 0 Å². The van der Waals surface area contributed by atoms with Gasteiger partial charge in [0.2, 0.25) is 5.91 Å². The van der Waals surface area contributed by atoms with E-state index in [1.54, 1.807) is 6.92 Å². The second-order valence-corrected chi connectivity index (χ2v) is 3.05. The number of carbonyl (C=O) groups is 1. The Balaban J connectivity index is 4.48. The van der Waals surface area contributed by atoms with Crippen molar-refractivity contribution >= 4 is 5.91 Å². The van der Waals surface area contributed by atoms with Crippen molar-refractivity contribution in [2.45, 2.75) is 31.9 Å². The Morgan fingerprint density at radius 3 is 2.15 bits per heavy atom. The molecule has 0 aromatic rings. The van der Waals surface area contributed by atoms with Crippen LogP contribution in [0, 0.1) is 0 Å². The van der Waals surface area contributed by atoms with Crippen molar-refractivity contribution < 1.29 is 20.1 Å². The Labute approximate surface area is 77.4 Å². The van der Waals surface area contributed by atoms with Crippen LogP contribution in [-0.4, -0.2) is 46.1 Å². The molecule has 0 spiro atoms. The zero-order valence-electron chi connectivity index (χ0n) is 7.95. The number of aliphatic hydroxyl groups is 3. The van der Waals surface area contributed by atoms with Gasteiger partial charge in [-0.25, -0.2) is 0 Å². The molecule has 1 amide bonds. The number of hydrogen-bond donors (Lipinski definition) is 4. The fraction of sp³-hybridized carbons (Fsp3) is 0.875. The van der Waals surface area contributed by atoms with E-state index in [4.69, 9.17) is 10.2 Å². The molecule has 5 heteroatoms. The van der Waals surface area contributed by atoms with Gasteiger partial charge in [-0.2, -0.15) is 0 Å². The second-order valence-electron chi connectivity index (χ2n) is 3.05. The molecule has 5 nitrogen and oxygen atoms in total. The fourth-order valence-electron chi connectivity index (χ4n) is 0.864. The lowest BCUT2D eigenvalue weighted by atomic mass is 9.95. The van der Waals surface area contributed by atoms with E-state index in [-0.39, 0.29) is 12.3 Å². The van der Waals surface area contributed by atoms with Crippen LogP contribution in [0.5, 0.6) is 0 Å². The van der Waals surface area contributed by atoms with Gasteiger partial charge in [0.15, 0.2) is 0 Å². The third-order valence-electron chi connectivity index (χ3n) is 2.07. The standard InChI is InChI=1S/C8H17NO4/c1-3-7(13)9-8(4-10,5-11)6(2)12/h6,10-12H,3-5H2,1-2H3,(H,9,13). The first-order chi connectivity index (χ1) is 6.02. The van der Waals surface area contributed by atoms with Crippen molar-refractivity contribution in [2.24, 2.45) is 0 Å². The zero-order valence-corrected chi connectivity index (χ0v) is 7.95. The summed E-state index contributed by atoms with van der Waals surface area (Å²) in [6.45, 7) is 2.07. The van der Waals surface area contributed by atoms with Crippen molar-refractivity contribution in [3.05, 3.63) is 0 Å². The first-order valence-corrected chi connectivity index (χ1v) is 4.23. The van der Waals surface area contributed by atoms with E-state index in [9.17, 15) is 9.90 Å². The smallest absolute Gasteiger partial charge is 0.220 e. The van der Waals surface area contributed by atoms with Gasteiger partial charge in [-0.15, -0.1) is 0 Å². The summed E-state index contributed by atoms with van der Waals surface area (Å²) in [5, 5.41) is 29.6. The van der Waals surface area contributed by atoms with Gasteiger partial charge in [-0.1, -0.05) is 6.92 Å². The molecule has 78 valence electrons. The minimum Gasteiger partial charge on any atom is -0.394 e. The summed E-state index contributed by atoms with van der Waals surface area (Å²) in [5.41, 5.74) is -1.33. The molecule has 0 aliphatic heterocycles. The van der Waals surface area contributed by atoms with E-state index >= 15 is 0 Å². The van der Waals surface area contributed by atoms with Gasteiger partial charge < -0.3 is 20.6 Å². The fourth-order valence-corrected chi connectivity index (χ4v) is 0.864. The predicted octanol–water partition coefficient (Wildman–Crippen LogP) is -1.38. The SMILES string of the molecule is CCC(=O)NC(CO)(CO)C(C)O. The molecule has 4 N–H and O–H groups in total. The molecule has 13 heavy (non-hydrogen) atoms. The van der Waals surface area contributed by atoms with Crippen LogP contribution in [0.2, 0.25) is 0 Å². The normalized spacial score (nSPS) is 13.9. The van der Waals surface area contributed by atoms with Crippen molar-refractivity contribution in [1.82, 2.24) is 5.32 Å². The Morgan fingerprint density at radius 2 is 1.92 bits per heavy atom. The molecule has 0 rings (SSSR count). The van der Waals surface area contributed by atoms with Crippen molar-refractivity contribution in [2.75, 3.05) is 13.2 Å². The van der Waals surface area contributed by atoms with Crippen LogP contribution in [0.15, 0.2) is 0 Å². The Bertz CT molecular complexity index is 166. The van der Waals surface area contributed by atoms with Crippen molar-refractivity contribution in [1.29, 1.82) is 0 Å². The van der Waals surface area contributed by atoms with Gasteiger partial charge in [0.25, 0.3) is 0 Å². The summed E-state index contributed by atoms with van der Waals surface area (Å²) in [4.78, 5) is 11.0. The summed E-state index contributed by atoms with van der Waals surface area (Å²) < 4.78 is 0. The highest BCUT2D eigenvalue weighted by Crippen LogP contribution is 2.09. The van der Waals surface area contributed by atoms with E-state index in [1.165, 1.54) is 6.92 Å². The minimum atomic E-state index is -1.33. The Morgan fingerprint density at radius 1 is 1.46 bits per heavy atom. The molecule has 0 aromatic carbocycles. The molecule has 0 heterocycles. The van der Waals surface area contributed by atoms with Crippen LogP contribution >= 0.6 is 0 Å². The number of aliphatic hydroxyl groups excluding tert-OH is 3. The van der Waals surface area contributed by atoms with Crippen LogP contribution in [0.3, 0.4) is 0 Å². The highest BCUT2D eigenvalue weighted by atomic mass is 16.3. The third kappa shape index (κ3) is 2.95. The average molecular weight is 191 g/mol. The number of rotatable bonds is 5. The van der Waals surface area contributed by atoms with Gasteiger partial charge in [0.1, 0.15) is 5.54 Å². The monoisotopic (exact) mass is 191 g/mol. The van der Waals surface area contributed by atoms with Crippen molar-refractivity contribution in [3.63, 3.8) is 0 Å². The predicted molar refractivity (Wildman–Crippen MR) is 47.0 cm³/mol. The molecule has 1 atom stereocenters. The van der Waals surface area contributed by atoms with Crippen LogP contribution in [0.4, 0.5) is 0 Å². The van der Waals surface area contributed by atoms with Gasteiger partial charge in [0.05, 0.1) is 19.3 Å². The van der Waals surface area contributed by atoms with E-state index in [2.05, 4.69) is 5.32 Å². The molecule has 0 fully saturated rings. The van der Waals surface area contributed by atoms with Gasteiger partial charge in [-0.3, -0.25) is 4.79 Å². The highest BCUT2D eigenvalue weighted by molar-refractivity contribution is 5.76. The summed E-state index contributed by atoms with van der Waals surface area (Å²) in [6, 6.07) is 0. The van der Waals surface area contributed by atoms with E-state index in [0.29, 0.717) is 0 Å². The molecular weight excluding hydrogens is 174 g/mol. The number of hydrogen-bond acceptors (Lipinski definition) is 4. The van der Waals surface area contributed by atoms with Crippen LogP contribution in [-0.2, 0) is 4.79 Å². The maximum Gasteiger partial charge on any atom is 0.220 e. The molecule has 1 unspecified atom stereocenters. The Hall–Kier alpha value is -0.650. The van der Waals surface area contributed by atoms with Crippen LogP contribution < -0.4 is 5.32 Å². The lowest BCUT2D eigenvalue weighted by Gasteiger charge is -2.33. The second kappa shape index (κ2) is 5.16. The maximum absolute atomic E-state index is 11.0. The maximum atomic E-state index is 11.0. The lowest BCUT2D eigenvalue weighted by molar-refractivity contribution is -0.126. The average Bonchev–Trinajstić information content (AvgIpc) is 2.13. The topological polar surface area (TPSA) is 89.8 Å². The third-order valence-corrected chi connectivity index (χ3v) is 2.07. The quantitative estimate of drug-likeness (QED) is 0.431. The minimum absolute atomic E-state index is 0.245.